The van der Waals surface area contributed by atoms with Crippen molar-refractivity contribution in [1.82, 2.24) is 4.98 Å². The summed E-state index contributed by atoms with van der Waals surface area (Å²) in [5.41, 5.74) is 0. The molecule has 0 atom stereocenters. The van der Waals surface area contributed by atoms with Gasteiger partial charge in [-0.05, 0) is 34.7 Å². The first-order valence-electron chi connectivity index (χ1n) is 3.24. The summed E-state index contributed by atoms with van der Waals surface area (Å²) in [7, 11) is 0. The molecule has 1 aromatic heterocycles. The highest BCUT2D eigenvalue weighted by atomic mass is 127. The van der Waals surface area contributed by atoms with Crippen LogP contribution in [0.2, 0.25) is 0 Å². The van der Waals surface area contributed by atoms with Crippen LogP contribution in [0.5, 0.6) is 0 Å². The topological polar surface area (TPSA) is 24.9 Å². The molecule has 0 saturated heterocycles. The fraction of sp³-hybridized carbons (Fsp3) is 0.286. The Morgan fingerprint density at radius 3 is 2.91 bits per heavy atom. The van der Waals surface area contributed by atoms with Crippen molar-refractivity contribution in [2.45, 2.75) is 0 Å². The van der Waals surface area contributed by atoms with Gasteiger partial charge in [0, 0.05) is 16.3 Å². The van der Waals surface area contributed by atoms with E-state index in [0.717, 1.165) is 9.39 Å². The number of nitrogens with zero attached hydrogens (tertiary/aromatic N) is 1. The molecule has 1 N–H and O–H groups in total. The minimum atomic E-state index is -0.367. The Morgan fingerprint density at radius 2 is 2.36 bits per heavy atom. The van der Waals surface area contributed by atoms with E-state index in [-0.39, 0.29) is 6.67 Å². The second-order valence-corrected chi connectivity index (χ2v) is 3.22. The molecule has 4 heteroatoms. The maximum Gasteiger partial charge on any atom is 0.126 e. The number of anilines is 1. The molecule has 0 aliphatic carbocycles. The summed E-state index contributed by atoms with van der Waals surface area (Å²) in [6.07, 6.45) is 1.74. The van der Waals surface area contributed by atoms with Crippen LogP contribution in [-0.2, 0) is 0 Å². The third-order valence-electron chi connectivity index (χ3n) is 1.13. The summed E-state index contributed by atoms with van der Waals surface area (Å²) in [6.45, 7) is -0.0404. The first-order valence-corrected chi connectivity index (χ1v) is 4.32. The zero-order chi connectivity index (χ0) is 8.10. The first kappa shape index (κ1) is 8.70. The van der Waals surface area contributed by atoms with Gasteiger partial charge in [-0.25, -0.2) is 9.37 Å². The second kappa shape index (κ2) is 4.48. The summed E-state index contributed by atoms with van der Waals surface area (Å²) in [6, 6.07) is 3.76. The predicted octanol–water partition coefficient (Wildman–Crippen LogP) is 2.07. The summed E-state index contributed by atoms with van der Waals surface area (Å²) in [4.78, 5) is 4.03. The van der Waals surface area contributed by atoms with E-state index in [9.17, 15) is 4.39 Å². The standard InChI is InChI=1S/C7H8FIN2/c8-3-4-10-7-2-1-6(9)5-11-7/h1-2,5H,3-4H2,(H,10,11). The van der Waals surface area contributed by atoms with Gasteiger partial charge in [0.25, 0.3) is 0 Å². The molecule has 1 rings (SSSR count). The third kappa shape index (κ3) is 3.00. The van der Waals surface area contributed by atoms with Gasteiger partial charge in [-0.2, -0.15) is 0 Å². The van der Waals surface area contributed by atoms with E-state index in [4.69, 9.17) is 0 Å². The molecular formula is C7H8FIN2. The Hall–Kier alpha value is -0.390. The van der Waals surface area contributed by atoms with Gasteiger partial charge in [0.1, 0.15) is 12.5 Å². The lowest BCUT2D eigenvalue weighted by Gasteiger charge is -2.00. The number of alkyl halides is 1. The molecule has 0 aromatic carbocycles. The molecule has 0 unspecified atom stereocenters. The molecule has 0 radical (unpaired) electrons. The van der Waals surface area contributed by atoms with Crippen molar-refractivity contribution in [2.75, 3.05) is 18.5 Å². The minimum absolute atomic E-state index is 0.327. The molecular weight excluding hydrogens is 258 g/mol. The molecule has 11 heavy (non-hydrogen) atoms. The van der Waals surface area contributed by atoms with Gasteiger partial charge < -0.3 is 5.32 Å². The average molecular weight is 266 g/mol. The molecule has 0 fully saturated rings. The predicted molar refractivity (Wildman–Crippen MR) is 51.4 cm³/mol. The first-order chi connectivity index (χ1) is 5.33. The van der Waals surface area contributed by atoms with Crippen molar-refractivity contribution in [3.63, 3.8) is 0 Å². The Bertz CT molecular complexity index is 212. The van der Waals surface area contributed by atoms with E-state index >= 15 is 0 Å². The lowest BCUT2D eigenvalue weighted by atomic mass is 10.4. The van der Waals surface area contributed by atoms with Crippen molar-refractivity contribution in [3.05, 3.63) is 21.9 Å². The number of hydrogen-bond donors (Lipinski definition) is 1. The highest BCUT2D eigenvalue weighted by Crippen LogP contribution is 2.06. The maximum absolute atomic E-state index is 11.7. The zero-order valence-corrected chi connectivity index (χ0v) is 8.01. The van der Waals surface area contributed by atoms with Gasteiger partial charge in [0.05, 0.1) is 0 Å². The van der Waals surface area contributed by atoms with Gasteiger partial charge in [-0.15, -0.1) is 0 Å². The van der Waals surface area contributed by atoms with E-state index in [0.29, 0.717) is 6.54 Å². The zero-order valence-electron chi connectivity index (χ0n) is 5.85. The van der Waals surface area contributed by atoms with Gasteiger partial charge in [-0.1, -0.05) is 0 Å². The monoisotopic (exact) mass is 266 g/mol. The molecule has 0 amide bonds. The highest BCUT2D eigenvalue weighted by molar-refractivity contribution is 14.1. The fourth-order valence-electron chi connectivity index (χ4n) is 0.656. The van der Waals surface area contributed by atoms with E-state index in [1.165, 1.54) is 0 Å². The molecule has 2 nitrogen and oxygen atoms in total. The summed E-state index contributed by atoms with van der Waals surface area (Å²) >= 11 is 2.17. The Kier molecular flexibility index (Phi) is 3.55. The third-order valence-corrected chi connectivity index (χ3v) is 1.77. The molecule has 0 bridgehead atoms. The number of nitrogens with one attached hydrogen (secondary N) is 1. The molecule has 0 aliphatic heterocycles. The largest absolute Gasteiger partial charge is 0.367 e. The highest BCUT2D eigenvalue weighted by Gasteiger charge is 1.90. The van der Waals surface area contributed by atoms with Gasteiger partial charge >= 0.3 is 0 Å². The molecule has 0 aliphatic rings. The van der Waals surface area contributed by atoms with E-state index in [2.05, 4.69) is 32.9 Å². The van der Waals surface area contributed by atoms with Crippen molar-refractivity contribution < 1.29 is 4.39 Å². The van der Waals surface area contributed by atoms with Crippen LogP contribution in [0.15, 0.2) is 18.3 Å². The van der Waals surface area contributed by atoms with Crippen LogP contribution < -0.4 is 5.32 Å². The SMILES string of the molecule is FCCNc1ccc(I)cn1. The molecule has 0 spiro atoms. The molecule has 1 aromatic rings. The van der Waals surface area contributed by atoms with Gasteiger partial charge in [0.15, 0.2) is 0 Å². The van der Waals surface area contributed by atoms with Crippen LogP contribution in [0.3, 0.4) is 0 Å². The number of rotatable bonds is 3. The van der Waals surface area contributed by atoms with Crippen LogP contribution in [0.1, 0.15) is 0 Å². The van der Waals surface area contributed by atoms with Crippen LogP contribution in [0.25, 0.3) is 0 Å². The maximum atomic E-state index is 11.7. The van der Waals surface area contributed by atoms with Gasteiger partial charge in [0.2, 0.25) is 0 Å². The van der Waals surface area contributed by atoms with Gasteiger partial charge in [-0.3, -0.25) is 0 Å². The van der Waals surface area contributed by atoms with Crippen molar-refractivity contribution in [3.8, 4) is 0 Å². The van der Waals surface area contributed by atoms with E-state index in [1.54, 1.807) is 6.20 Å². The Morgan fingerprint density at radius 1 is 1.55 bits per heavy atom. The van der Waals surface area contributed by atoms with Crippen LogP contribution in [-0.4, -0.2) is 18.2 Å². The normalized spacial score (nSPS) is 9.64. The second-order valence-electron chi connectivity index (χ2n) is 1.98. The minimum Gasteiger partial charge on any atom is -0.367 e. The van der Waals surface area contributed by atoms with Crippen molar-refractivity contribution in [2.24, 2.45) is 0 Å². The van der Waals surface area contributed by atoms with Crippen LogP contribution >= 0.6 is 22.6 Å². The average Bonchev–Trinajstić information content (AvgIpc) is 2.04. The smallest absolute Gasteiger partial charge is 0.126 e. The Balaban J connectivity index is 2.52. The molecule has 1 heterocycles. The van der Waals surface area contributed by atoms with Crippen molar-refractivity contribution >= 4 is 28.4 Å². The molecule has 60 valence electrons. The van der Waals surface area contributed by atoms with Crippen LogP contribution in [0.4, 0.5) is 10.2 Å². The summed E-state index contributed by atoms with van der Waals surface area (Å²) in [5.74, 6) is 0.725. The summed E-state index contributed by atoms with van der Waals surface area (Å²) in [5, 5.41) is 2.83. The van der Waals surface area contributed by atoms with E-state index in [1.807, 2.05) is 12.1 Å². The fourth-order valence-corrected chi connectivity index (χ4v) is 0.975. The summed E-state index contributed by atoms with van der Waals surface area (Å²) < 4.78 is 12.7. The van der Waals surface area contributed by atoms with E-state index < -0.39 is 0 Å². The number of pyridine rings is 1. The molecule has 0 saturated carbocycles. The van der Waals surface area contributed by atoms with Crippen LogP contribution in [0, 0.1) is 3.57 Å². The number of aromatic nitrogens is 1. The number of halogens is 2. The quantitative estimate of drug-likeness (QED) is 0.847. The van der Waals surface area contributed by atoms with Crippen molar-refractivity contribution in [1.29, 1.82) is 0 Å². The lowest BCUT2D eigenvalue weighted by Crippen LogP contribution is -2.04. The lowest BCUT2D eigenvalue weighted by molar-refractivity contribution is 0.512. The number of hydrogen-bond acceptors (Lipinski definition) is 2. The Labute approximate surface area is 78.4 Å².